The number of nitrogens with one attached hydrogen (secondary N) is 1. The Labute approximate surface area is 279 Å². The molecule has 11 heteroatoms. The van der Waals surface area contributed by atoms with Crippen molar-refractivity contribution in [2.45, 2.75) is 36.1 Å². The van der Waals surface area contributed by atoms with Gasteiger partial charge in [0, 0.05) is 21.7 Å². The van der Waals surface area contributed by atoms with Crippen LogP contribution < -0.4 is 24.6 Å². The minimum absolute atomic E-state index is 0.0104. The lowest BCUT2D eigenvalue weighted by atomic mass is 9.68. The molecule has 9 nitrogen and oxygen atoms in total. The summed E-state index contributed by atoms with van der Waals surface area (Å²) >= 11 is 2.77. The van der Waals surface area contributed by atoms with Gasteiger partial charge in [0.05, 0.1) is 36.8 Å². The van der Waals surface area contributed by atoms with Crippen LogP contribution in [0.15, 0.2) is 82.6 Å². The maximum Gasteiger partial charge on any atom is 0.308 e. The molecular formula is C36H33N3O6S2. The van der Waals surface area contributed by atoms with Gasteiger partial charge in [-0.15, -0.1) is 11.8 Å². The standard InChI is InChI=1S/C36H33N3O6S2/c1-18-9-12-21(13-10-18)39-33(41)29-22-16-23(30(29)34(39)42)31-28(22)27(19-11-14-24(44-2)25(15-19)45-3)32-35(46-31)38(36(43)47-32)17-26(40)37-20-7-5-4-6-8-20/h4-15,22-23,27-31H,16-17H2,1-3H3,(H,37,40). The molecule has 240 valence electrons. The first-order valence-electron chi connectivity index (χ1n) is 15.7. The Morgan fingerprint density at radius 2 is 1.60 bits per heavy atom. The van der Waals surface area contributed by atoms with Gasteiger partial charge in [-0.2, -0.15) is 0 Å². The molecular weight excluding hydrogens is 635 g/mol. The number of aryl methyl sites for hydroxylation is 1. The Bertz CT molecular complexity index is 1970. The van der Waals surface area contributed by atoms with Gasteiger partial charge in [0.25, 0.3) is 0 Å². The maximum atomic E-state index is 14.1. The van der Waals surface area contributed by atoms with Gasteiger partial charge in [-0.1, -0.05) is 53.3 Å². The van der Waals surface area contributed by atoms with Crippen LogP contribution in [-0.4, -0.2) is 41.8 Å². The highest BCUT2D eigenvalue weighted by molar-refractivity contribution is 8.00. The van der Waals surface area contributed by atoms with Crippen molar-refractivity contribution in [3.63, 3.8) is 0 Å². The van der Waals surface area contributed by atoms with Crippen molar-refractivity contribution in [3.05, 3.63) is 98.5 Å². The second-order valence-electron chi connectivity index (χ2n) is 12.8. The van der Waals surface area contributed by atoms with E-state index in [1.54, 1.807) is 30.5 Å². The molecule has 3 fully saturated rings. The fraction of sp³-hybridized carbons (Fsp3) is 0.333. The van der Waals surface area contributed by atoms with Crippen LogP contribution in [0, 0.1) is 36.5 Å². The van der Waals surface area contributed by atoms with Crippen molar-refractivity contribution in [1.29, 1.82) is 0 Å². The number of carbonyl (C=O) groups is 3. The fourth-order valence-corrected chi connectivity index (χ4v) is 11.6. The molecule has 7 unspecified atom stereocenters. The number of para-hydroxylation sites is 1. The number of imide groups is 1. The van der Waals surface area contributed by atoms with E-state index in [2.05, 4.69) is 5.32 Å². The highest BCUT2D eigenvalue weighted by atomic mass is 32.2. The monoisotopic (exact) mass is 667 g/mol. The Hall–Kier alpha value is -4.35. The first-order chi connectivity index (χ1) is 22.8. The summed E-state index contributed by atoms with van der Waals surface area (Å²) < 4.78 is 12.8. The summed E-state index contributed by atoms with van der Waals surface area (Å²) in [5, 5.41) is 3.65. The van der Waals surface area contributed by atoms with Gasteiger partial charge in [0.2, 0.25) is 17.7 Å². The number of nitrogens with zero attached hydrogens (tertiary/aromatic N) is 2. The molecule has 4 aliphatic rings. The van der Waals surface area contributed by atoms with E-state index in [4.69, 9.17) is 9.47 Å². The smallest absolute Gasteiger partial charge is 0.308 e. The lowest BCUT2D eigenvalue weighted by Gasteiger charge is -2.43. The predicted octanol–water partition coefficient (Wildman–Crippen LogP) is 5.55. The third kappa shape index (κ3) is 4.65. The Balaban J connectivity index is 1.21. The third-order valence-electron chi connectivity index (χ3n) is 10.4. The molecule has 0 spiro atoms. The average Bonchev–Trinajstić information content (AvgIpc) is 3.80. The van der Waals surface area contributed by atoms with Gasteiger partial charge >= 0.3 is 4.87 Å². The zero-order valence-electron chi connectivity index (χ0n) is 26.0. The number of hydrogen-bond donors (Lipinski definition) is 1. The number of hydrogen-bond acceptors (Lipinski definition) is 8. The molecule has 1 aromatic heterocycles. The zero-order chi connectivity index (χ0) is 32.6. The van der Waals surface area contributed by atoms with Crippen LogP contribution in [0.5, 0.6) is 11.5 Å². The third-order valence-corrected chi connectivity index (χ3v) is 13.2. The van der Waals surface area contributed by atoms with Crippen molar-refractivity contribution in [1.82, 2.24) is 4.57 Å². The van der Waals surface area contributed by atoms with E-state index < -0.39 is 11.8 Å². The van der Waals surface area contributed by atoms with Gasteiger partial charge < -0.3 is 14.8 Å². The van der Waals surface area contributed by atoms with E-state index in [0.717, 1.165) is 27.5 Å². The molecule has 0 radical (unpaired) electrons. The van der Waals surface area contributed by atoms with Gasteiger partial charge in [-0.25, -0.2) is 0 Å². The second-order valence-corrected chi connectivity index (χ2v) is 14.9. The van der Waals surface area contributed by atoms with Crippen LogP contribution in [0.25, 0.3) is 0 Å². The van der Waals surface area contributed by atoms with E-state index in [1.807, 2.05) is 79.7 Å². The number of benzene rings is 3. The Kier molecular flexibility index (Phi) is 7.29. The molecule has 2 aliphatic heterocycles. The molecule has 7 atom stereocenters. The first kappa shape index (κ1) is 30.0. The maximum absolute atomic E-state index is 14.1. The highest BCUT2D eigenvalue weighted by Crippen LogP contribution is 2.69. The SMILES string of the molecule is COc1ccc(C2c3sc(=O)n(CC(=O)Nc4ccccc4)c3SC3C4CC(C5C(=O)N(c6ccc(C)cc6)C(=O)C45)C23)cc1OC. The Morgan fingerprint density at radius 3 is 2.30 bits per heavy atom. The van der Waals surface area contributed by atoms with Crippen molar-refractivity contribution < 1.29 is 23.9 Å². The molecule has 8 rings (SSSR count). The quantitative estimate of drug-likeness (QED) is 0.258. The van der Waals surface area contributed by atoms with E-state index >= 15 is 0 Å². The van der Waals surface area contributed by atoms with E-state index in [1.165, 1.54) is 16.2 Å². The first-order valence-corrected chi connectivity index (χ1v) is 17.4. The van der Waals surface area contributed by atoms with Crippen molar-refractivity contribution in [2.24, 2.45) is 29.6 Å². The van der Waals surface area contributed by atoms with Crippen molar-refractivity contribution in [3.8, 4) is 11.5 Å². The summed E-state index contributed by atoms with van der Waals surface area (Å²) in [4.78, 5) is 57.1. The Morgan fingerprint density at radius 1 is 0.894 bits per heavy atom. The number of amides is 3. The van der Waals surface area contributed by atoms with Gasteiger partial charge in [-0.3, -0.25) is 28.6 Å². The van der Waals surface area contributed by atoms with E-state index in [0.29, 0.717) is 22.9 Å². The molecule has 2 bridgehead atoms. The van der Waals surface area contributed by atoms with Crippen molar-refractivity contribution in [2.75, 3.05) is 24.4 Å². The predicted molar refractivity (Wildman–Crippen MR) is 180 cm³/mol. The topological polar surface area (TPSA) is 107 Å². The number of aromatic nitrogens is 1. The normalized spacial score (nSPS) is 27.0. The molecule has 3 heterocycles. The largest absolute Gasteiger partial charge is 0.493 e. The van der Waals surface area contributed by atoms with Crippen LogP contribution in [-0.2, 0) is 20.9 Å². The number of carbonyl (C=O) groups excluding carboxylic acids is 3. The number of rotatable bonds is 7. The van der Waals surface area contributed by atoms with E-state index in [-0.39, 0.29) is 58.1 Å². The second kappa shape index (κ2) is 11.4. The lowest BCUT2D eigenvalue weighted by Crippen LogP contribution is -2.43. The molecule has 2 aliphatic carbocycles. The molecule has 2 saturated carbocycles. The molecule has 47 heavy (non-hydrogen) atoms. The van der Waals surface area contributed by atoms with Crippen LogP contribution in [0.2, 0.25) is 0 Å². The molecule has 3 amide bonds. The number of methoxy groups -OCH3 is 2. The van der Waals surface area contributed by atoms with Crippen LogP contribution in [0.1, 0.15) is 28.3 Å². The lowest BCUT2D eigenvalue weighted by molar-refractivity contribution is -0.123. The molecule has 1 N–H and O–H groups in total. The minimum Gasteiger partial charge on any atom is -0.493 e. The van der Waals surface area contributed by atoms with Crippen LogP contribution >= 0.6 is 23.1 Å². The summed E-state index contributed by atoms with van der Waals surface area (Å²) in [6.07, 6.45) is 0.772. The zero-order valence-corrected chi connectivity index (χ0v) is 27.7. The van der Waals surface area contributed by atoms with Gasteiger partial charge in [0.1, 0.15) is 6.54 Å². The number of fused-ring (bicyclic) bond motifs is 9. The summed E-state index contributed by atoms with van der Waals surface area (Å²) in [5.74, 6) is -0.469. The summed E-state index contributed by atoms with van der Waals surface area (Å²) in [5.41, 5.74) is 3.29. The van der Waals surface area contributed by atoms with Gasteiger partial charge in [-0.05, 0) is 73.1 Å². The molecule has 1 saturated heterocycles. The van der Waals surface area contributed by atoms with E-state index in [9.17, 15) is 19.2 Å². The number of ether oxygens (including phenoxy) is 2. The minimum atomic E-state index is -0.407. The van der Waals surface area contributed by atoms with Crippen molar-refractivity contribution >= 4 is 52.2 Å². The molecule has 4 aromatic rings. The number of thiazole rings is 1. The summed E-state index contributed by atoms with van der Waals surface area (Å²) in [6.45, 7) is 1.85. The van der Waals surface area contributed by atoms with Crippen LogP contribution in [0.4, 0.5) is 11.4 Å². The number of thioether (sulfide) groups is 1. The summed E-state index contributed by atoms with van der Waals surface area (Å²) in [7, 11) is 3.19. The highest BCUT2D eigenvalue weighted by Gasteiger charge is 2.69. The number of anilines is 2. The molecule has 3 aromatic carbocycles. The van der Waals surface area contributed by atoms with Crippen LogP contribution in [0.3, 0.4) is 0 Å². The average molecular weight is 668 g/mol. The summed E-state index contributed by atoms with van der Waals surface area (Å²) in [6, 6.07) is 22.5. The van der Waals surface area contributed by atoms with Gasteiger partial charge in [0.15, 0.2) is 11.5 Å². The fourth-order valence-electron chi connectivity index (χ4n) is 8.49.